The van der Waals surface area contributed by atoms with E-state index in [0.717, 1.165) is 0 Å². The molecule has 1 amide bonds. The third kappa shape index (κ3) is 2.99. The number of rotatable bonds is 2. The van der Waals surface area contributed by atoms with Crippen molar-refractivity contribution < 1.29 is 9.18 Å². The minimum Gasteiger partial charge on any atom is -0.324 e. The Bertz CT molecular complexity index is 801. The van der Waals surface area contributed by atoms with Gasteiger partial charge >= 0.3 is 0 Å². The summed E-state index contributed by atoms with van der Waals surface area (Å²) in [5.74, 6) is -0.592. The van der Waals surface area contributed by atoms with E-state index in [9.17, 15) is 9.18 Å². The van der Waals surface area contributed by atoms with Crippen LogP contribution in [0.25, 0.3) is 0 Å². The van der Waals surface area contributed by atoms with E-state index in [1.165, 1.54) is 6.07 Å². The number of nitrogens with one attached hydrogen (secondary N) is 1. The largest absolute Gasteiger partial charge is 0.324 e. The molecule has 1 heterocycles. The van der Waals surface area contributed by atoms with E-state index in [1.54, 1.807) is 36.4 Å². The summed E-state index contributed by atoms with van der Waals surface area (Å²) in [6.45, 7) is 3.82. The second kappa shape index (κ2) is 6.13. The van der Waals surface area contributed by atoms with Gasteiger partial charge in [0.15, 0.2) is 0 Å². The number of anilines is 1. The maximum atomic E-state index is 14.3. The highest BCUT2D eigenvalue weighted by Crippen LogP contribution is 2.29. The van der Waals surface area contributed by atoms with Gasteiger partial charge in [-0.2, -0.15) is 0 Å². The zero-order valence-electron chi connectivity index (χ0n) is 12.8. The molecule has 2 aromatic carbocycles. The van der Waals surface area contributed by atoms with Gasteiger partial charge in [0, 0.05) is 16.1 Å². The monoisotopic (exact) mass is 330 g/mol. The molecule has 0 aliphatic carbocycles. The summed E-state index contributed by atoms with van der Waals surface area (Å²) in [7, 11) is 0. The lowest BCUT2D eigenvalue weighted by Crippen LogP contribution is -2.30. The molecule has 3 nitrogen and oxygen atoms in total. The van der Waals surface area contributed by atoms with Crippen LogP contribution >= 0.6 is 11.6 Å². The van der Waals surface area contributed by atoms with E-state index in [1.807, 2.05) is 13.8 Å². The molecule has 1 aliphatic heterocycles. The molecule has 0 radical (unpaired) electrons. The summed E-state index contributed by atoms with van der Waals surface area (Å²) >= 11 is 6.10. The lowest BCUT2D eigenvalue weighted by atomic mass is 9.99. The van der Waals surface area contributed by atoms with E-state index in [4.69, 9.17) is 11.6 Å². The van der Waals surface area contributed by atoms with Crippen LogP contribution in [0.1, 0.15) is 25.0 Å². The average molecular weight is 331 g/mol. The highest BCUT2D eigenvalue weighted by Gasteiger charge is 2.28. The molecule has 5 heteroatoms. The van der Waals surface area contributed by atoms with Crippen LogP contribution in [-0.2, 0) is 4.79 Å². The molecule has 0 saturated heterocycles. The molecular formula is C18H16ClFN2O. The molecule has 0 aromatic heterocycles. The fraction of sp³-hybridized carbons (Fsp3) is 0.222. The SMILES string of the molecule is CC(C)C1N=C(c2ccccc2F)c2cc(Cl)ccc2NC1=O. The lowest BCUT2D eigenvalue weighted by Gasteiger charge is -2.14. The van der Waals surface area contributed by atoms with Crippen molar-refractivity contribution in [3.63, 3.8) is 0 Å². The Hall–Kier alpha value is -2.20. The lowest BCUT2D eigenvalue weighted by molar-refractivity contribution is -0.118. The minimum atomic E-state index is -0.587. The smallest absolute Gasteiger partial charge is 0.249 e. The van der Waals surface area contributed by atoms with Crippen LogP contribution in [0.3, 0.4) is 0 Å². The maximum Gasteiger partial charge on any atom is 0.249 e. The molecule has 1 unspecified atom stereocenters. The maximum absolute atomic E-state index is 14.3. The number of benzodiazepines with no additional fused rings is 1. The Balaban J connectivity index is 2.27. The van der Waals surface area contributed by atoms with Crippen molar-refractivity contribution >= 4 is 28.9 Å². The van der Waals surface area contributed by atoms with Gasteiger partial charge in [0.25, 0.3) is 0 Å². The van der Waals surface area contributed by atoms with Gasteiger partial charge in [0.1, 0.15) is 11.9 Å². The van der Waals surface area contributed by atoms with Gasteiger partial charge in [-0.3, -0.25) is 9.79 Å². The second-order valence-corrected chi connectivity index (χ2v) is 6.26. The Morgan fingerprint density at radius 1 is 1.17 bits per heavy atom. The minimum absolute atomic E-state index is 0.0124. The second-order valence-electron chi connectivity index (χ2n) is 5.83. The van der Waals surface area contributed by atoms with Crippen LogP contribution in [-0.4, -0.2) is 17.7 Å². The molecule has 0 saturated carbocycles. The number of halogens is 2. The van der Waals surface area contributed by atoms with Crippen molar-refractivity contribution in [3.05, 3.63) is 64.4 Å². The van der Waals surface area contributed by atoms with E-state index >= 15 is 0 Å². The van der Waals surface area contributed by atoms with Crippen molar-refractivity contribution in [3.8, 4) is 0 Å². The van der Waals surface area contributed by atoms with Crippen LogP contribution in [0, 0.1) is 11.7 Å². The molecule has 1 aliphatic rings. The van der Waals surface area contributed by atoms with E-state index in [-0.39, 0.29) is 17.6 Å². The first-order chi connectivity index (χ1) is 11.0. The first-order valence-electron chi connectivity index (χ1n) is 7.41. The van der Waals surface area contributed by atoms with Crippen molar-refractivity contribution in [2.24, 2.45) is 10.9 Å². The number of benzene rings is 2. The number of amides is 1. The highest BCUT2D eigenvalue weighted by molar-refractivity contribution is 6.32. The van der Waals surface area contributed by atoms with Crippen LogP contribution in [0.2, 0.25) is 5.02 Å². The third-order valence-electron chi connectivity index (χ3n) is 3.79. The number of hydrogen-bond acceptors (Lipinski definition) is 2. The van der Waals surface area contributed by atoms with Crippen LogP contribution in [0.4, 0.5) is 10.1 Å². The average Bonchev–Trinajstić information content (AvgIpc) is 2.64. The molecule has 118 valence electrons. The zero-order chi connectivity index (χ0) is 16.6. The third-order valence-corrected chi connectivity index (χ3v) is 4.03. The fourth-order valence-electron chi connectivity index (χ4n) is 2.62. The fourth-order valence-corrected chi connectivity index (χ4v) is 2.79. The summed E-state index contributed by atoms with van der Waals surface area (Å²) in [6.07, 6.45) is 0. The summed E-state index contributed by atoms with van der Waals surface area (Å²) in [6, 6.07) is 10.9. The molecule has 1 atom stereocenters. The number of carbonyl (C=O) groups excluding carboxylic acids is 1. The van der Waals surface area contributed by atoms with Gasteiger partial charge in [-0.15, -0.1) is 0 Å². The molecule has 23 heavy (non-hydrogen) atoms. The zero-order valence-corrected chi connectivity index (χ0v) is 13.6. The van der Waals surface area contributed by atoms with Gasteiger partial charge in [-0.05, 0) is 36.2 Å². The first kappa shape index (κ1) is 15.7. The van der Waals surface area contributed by atoms with E-state index in [2.05, 4.69) is 10.3 Å². The normalized spacial score (nSPS) is 17.3. The predicted molar refractivity (Wildman–Crippen MR) is 90.7 cm³/mol. The van der Waals surface area contributed by atoms with E-state index in [0.29, 0.717) is 27.5 Å². The van der Waals surface area contributed by atoms with Gasteiger partial charge in [0.2, 0.25) is 5.91 Å². The Labute approximate surface area is 139 Å². The Morgan fingerprint density at radius 2 is 1.91 bits per heavy atom. The van der Waals surface area contributed by atoms with E-state index < -0.39 is 6.04 Å². The number of hydrogen-bond donors (Lipinski definition) is 1. The van der Waals surface area contributed by atoms with Crippen molar-refractivity contribution in [2.45, 2.75) is 19.9 Å². The van der Waals surface area contributed by atoms with Crippen LogP contribution in [0.5, 0.6) is 0 Å². The van der Waals surface area contributed by atoms with Crippen molar-refractivity contribution in [1.82, 2.24) is 0 Å². The Kier molecular flexibility index (Phi) is 4.18. The Morgan fingerprint density at radius 3 is 2.61 bits per heavy atom. The number of carbonyl (C=O) groups is 1. The molecule has 0 fully saturated rings. The van der Waals surface area contributed by atoms with Crippen LogP contribution < -0.4 is 5.32 Å². The number of fused-ring (bicyclic) bond motifs is 1. The highest BCUT2D eigenvalue weighted by atomic mass is 35.5. The van der Waals surface area contributed by atoms with Gasteiger partial charge in [0.05, 0.1) is 11.4 Å². The van der Waals surface area contributed by atoms with Gasteiger partial charge in [-0.25, -0.2) is 4.39 Å². The standard InChI is InChI=1S/C18H16ClFN2O/c1-10(2)16-18(23)21-15-8-7-11(19)9-13(15)17(22-16)12-5-3-4-6-14(12)20/h3-10,16H,1-2H3,(H,21,23). The van der Waals surface area contributed by atoms with Crippen molar-refractivity contribution in [2.75, 3.05) is 5.32 Å². The molecule has 3 rings (SSSR count). The first-order valence-corrected chi connectivity index (χ1v) is 7.78. The topological polar surface area (TPSA) is 41.5 Å². The summed E-state index contributed by atoms with van der Waals surface area (Å²) in [5, 5.41) is 3.37. The molecule has 1 N–H and O–H groups in total. The summed E-state index contributed by atoms with van der Waals surface area (Å²) in [4.78, 5) is 17.0. The summed E-state index contributed by atoms with van der Waals surface area (Å²) < 4.78 is 14.3. The molecular weight excluding hydrogens is 315 g/mol. The quantitative estimate of drug-likeness (QED) is 0.876. The van der Waals surface area contributed by atoms with Crippen LogP contribution in [0.15, 0.2) is 47.5 Å². The number of aliphatic imine (C=N–C) groups is 1. The number of nitrogens with zero attached hydrogens (tertiary/aromatic N) is 1. The van der Waals surface area contributed by atoms with Gasteiger partial charge < -0.3 is 5.32 Å². The van der Waals surface area contributed by atoms with Crippen molar-refractivity contribution in [1.29, 1.82) is 0 Å². The molecule has 0 bridgehead atoms. The predicted octanol–water partition coefficient (Wildman–Crippen LogP) is 4.29. The summed E-state index contributed by atoms with van der Waals surface area (Å²) in [5.41, 5.74) is 2.01. The van der Waals surface area contributed by atoms with Gasteiger partial charge in [-0.1, -0.05) is 37.6 Å². The molecule has 2 aromatic rings. The molecule has 0 spiro atoms.